The van der Waals surface area contributed by atoms with E-state index in [0.29, 0.717) is 21.9 Å². The number of benzene rings is 3. The second-order valence-corrected chi connectivity index (χ2v) is 7.25. The molecule has 0 saturated heterocycles. The maximum atomic E-state index is 13.1. The second-order valence-electron chi connectivity index (χ2n) is 6.19. The van der Waals surface area contributed by atoms with Crippen molar-refractivity contribution in [3.63, 3.8) is 0 Å². The Morgan fingerprint density at radius 3 is 2.38 bits per heavy atom. The standard InChI is InChI=1S/C22H16O3S/c23-20-16-8-4-5-9-18(16)26-21-17(22(24)25)13-12-15(19(20)21)11-10-14-6-2-1-3-7-14/h1-9,12-13H,10-11H2,(H,24,25). The minimum absolute atomic E-state index is 0.0829. The van der Waals surface area contributed by atoms with Gasteiger partial charge in [0.05, 0.1) is 10.3 Å². The quantitative estimate of drug-likeness (QED) is 0.527. The first-order valence-corrected chi connectivity index (χ1v) is 9.21. The molecule has 0 aliphatic carbocycles. The van der Waals surface area contributed by atoms with Gasteiger partial charge in [-0.15, -0.1) is 11.3 Å². The molecule has 0 saturated carbocycles. The van der Waals surface area contributed by atoms with Gasteiger partial charge < -0.3 is 5.11 Å². The molecule has 3 aromatic carbocycles. The summed E-state index contributed by atoms with van der Waals surface area (Å²) in [5.41, 5.74) is 2.21. The molecule has 4 aromatic rings. The zero-order valence-corrected chi connectivity index (χ0v) is 14.8. The number of carboxylic acids is 1. The van der Waals surface area contributed by atoms with Gasteiger partial charge in [-0.05, 0) is 42.2 Å². The molecule has 0 aliphatic rings. The van der Waals surface area contributed by atoms with Crippen molar-refractivity contribution in [1.82, 2.24) is 0 Å². The third kappa shape index (κ3) is 2.89. The van der Waals surface area contributed by atoms with Crippen molar-refractivity contribution in [1.29, 1.82) is 0 Å². The van der Waals surface area contributed by atoms with Crippen LogP contribution < -0.4 is 5.43 Å². The van der Waals surface area contributed by atoms with E-state index in [0.717, 1.165) is 16.7 Å². The molecule has 0 atom stereocenters. The van der Waals surface area contributed by atoms with Gasteiger partial charge >= 0.3 is 5.97 Å². The Labute approximate surface area is 154 Å². The molecule has 128 valence electrons. The number of aromatic carboxylic acids is 1. The van der Waals surface area contributed by atoms with Crippen molar-refractivity contribution in [2.75, 3.05) is 0 Å². The van der Waals surface area contributed by atoms with Crippen molar-refractivity contribution in [3.8, 4) is 0 Å². The molecule has 26 heavy (non-hydrogen) atoms. The zero-order chi connectivity index (χ0) is 18.1. The highest BCUT2D eigenvalue weighted by Crippen LogP contribution is 2.30. The fourth-order valence-electron chi connectivity index (χ4n) is 3.27. The summed E-state index contributed by atoms with van der Waals surface area (Å²) in [5.74, 6) is -1.00. The van der Waals surface area contributed by atoms with Gasteiger partial charge in [0.25, 0.3) is 0 Å². The summed E-state index contributed by atoms with van der Waals surface area (Å²) in [6.45, 7) is 0. The first-order valence-electron chi connectivity index (χ1n) is 8.40. The fourth-order valence-corrected chi connectivity index (χ4v) is 4.50. The van der Waals surface area contributed by atoms with Crippen molar-refractivity contribution in [2.24, 2.45) is 0 Å². The summed E-state index contributed by atoms with van der Waals surface area (Å²) in [6, 6.07) is 20.9. The zero-order valence-electron chi connectivity index (χ0n) is 13.9. The van der Waals surface area contributed by atoms with Crippen LogP contribution in [0.25, 0.3) is 20.2 Å². The molecular weight excluding hydrogens is 344 g/mol. The number of hydrogen-bond acceptors (Lipinski definition) is 3. The molecule has 1 aromatic heterocycles. The smallest absolute Gasteiger partial charge is 0.337 e. The molecule has 1 N–H and O–H groups in total. The van der Waals surface area contributed by atoms with Gasteiger partial charge in [-0.2, -0.15) is 0 Å². The number of carboxylic acid groups (broad SMARTS) is 1. The van der Waals surface area contributed by atoms with E-state index < -0.39 is 5.97 Å². The van der Waals surface area contributed by atoms with Crippen LogP contribution >= 0.6 is 11.3 Å². The molecule has 0 unspecified atom stereocenters. The minimum Gasteiger partial charge on any atom is -0.478 e. The van der Waals surface area contributed by atoms with Gasteiger partial charge in [-0.25, -0.2) is 4.79 Å². The van der Waals surface area contributed by atoms with Gasteiger partial charge in [0.2, 0.25) is 0 Å². The first-order chi connectivity index (χ1) is 12.6. The van der Waals surface area contributed by atoms with Crippen molar-refractivity contribution in [3.05, 3.63) is 93.6 Å². The van der Waals surface area contributed by atoms with Crippen LogP contribution in [0.5, 0.6) is 0 Å². The maximum absolute atomic E-state index is 13.1. The van der Waals surface area contributed by atoms with Crippen molar-refractivity contribution < 1.29 is 9.90 Å². The molecule has 0 spiro atoms. The summed E-state index contributed by atoms with van der Waals surface area (Å²) in [4.78, 5) is 24.8. The van der Waals surface area contributed by atoms with E-state index in [-0.39, 0.29) is 11.0 Å². The summed E-state index contributed by atoms with van der Waals surface area (Å²) in [5, 5.41) is 10.7. The summed E-state index contributed by atoms with van der Waals surface area (Å²) >= 11 is 1.38. The van der Waals surface area contributed by atoms with Gasteiger partial charge in [0.15, 0.2) is 5.43 Å². The lowest BCUT2D eigenvalue weighted by molar-refractivity contribution is 0.0699. The van der Waals surface area contributed by atoms with E-state index in [1.807, 2.05) is 42.5 Å². The number of rotatable bonds is 4. The van der Waals surface area contributed by atoms with E-state index in [1.165, 1.54) is 16.9 Å². The average molecular weight is 360 g/mol. The molecule has 1 heterocycles. The molecule has 0 fully saturated rings. The van der Waals surface area contributed by atoms with Crippen molar-refractivity contribution >= 4 is 37.5 Å². The molecular formula is C22H16O3S. The number of aryl methyl sites for hydroxylation is 2. The highest BCUT2D eigenvalue weighted by atomic mass is 32.1. The minimum atomic E-state index is -1.00. The Bertz CT molecular complexity index is 1180. The molecule has 3 nitrogen and oxygen atoms in total. The van der Waals surface area contributed by atoms with E-state index >= 15 is 0 Å². The van der Waals surface area contributed by atoms with E-state index in [2.05, 4.69) is 12.1 Å². The van der Waals surface area contributed by atoms with Crippen molar-refractivity contribution in [2.45, 2.75) is 12.8 Å². The molecule has 0 radical (unpaired) electrons. The van der Waals surface area contributed by atoms with Crippen LogP contribution in [0.2, 0.25) is 0 Å². The lowest BCUT2D eigenvalue weighted by Crippen LogP contribution is -2.08. The average Bonchev–Trinajstić information content (AvgIpc) is 2.67. The first kappa shape index (κ1) is 16.5. The number of carbonyl (C=O) groups is 1. The molecule has 4 rings (SSSR count). The van der Waals surface area contributed by atoms with Crippen LogP contribution in [0.1, 0.15) is 21.5 Å². The SMILES string of the molecule is O=C(O)c1ccc(CCc2ccccc2)c2c(=O)c3ccccc3sc12. The lowest BCUT2D eigenvalue weighted by atomic mass is 9.98. The Morgan fingerprint density at radius 2 is 1.62 bits per heavy atom. The van der Waals surface area contributed by atoms with Crippen LogP contribution in [0.15, 0.2) is 71.5 Å². The Balaban J connectivity index is 1.93. The predicted molar refractivity (Wildman–Crippen MR) is 106 cm³/mol. The second kappa shape index (κ2) is 6.73. The van der Waals surface area contributed by atoms with Crippen LogP contribution in [0.4, 0.5) is 0 Å². The number of hydrogen-bond donors (Lipinski definition) is 1. The summed E-state index contributed by atoms with van der Waals surface area (Å²) in [6.07, 6.45) is 1.50. The largest absolute Gasteiger partial charge is 0.478 e. The number of fused-ring (bicyclic) bond motifs is 2. The van der Waals surface area contributed by atoms with E-state index in [4.69, 9.17) is 0 Å². The van der Waals surface area contributed by atoms with Crippen LogP contribution in [0, 0.1) is 0 Å². The van der Waals surface area contributed by atoms with Crippen LogP contribution in [-0.2, 0) is 12.8 Å². The maximum Gasteiger partial charge on any atom is 0.337 e. The summed E-state index contributed by atoms with van der Waals surface area (Å²) in [7, 11) is 0. The fraction of sp³-hybridized carbons (Fsp3) is 0.0909. The predicted octanol–water partition coefficient (Wildman–Crippen LogP) is 4.90. The lowest BCUT2D eigenvalue weighted by Gasteiger charge is -2.10. The topological polar surface area (TPSA) is 54.4 Å². The molecule has 0 bridgehead atoms. The monoisotopic (exact) mass is 360 g/mol. The van der Waals surface area contributed by atoms with Crippen LogP contribution in [0.3, 0.4) is 0 Å². The normalized spacial score (nSPS) is 11.1. The Morgan fingerprint density at radius 1 is 0.885 bits per heavy atom. The van der Waals surface area contributed by atoms with Gasteiger partial charge in [0.1, 0.15) is 0 Å². The third-order valence-electron chi connectivity index (χ3n) is 4.57. The van der Waals surface area contributed by atoms with E-state index in [9.17, 15) is 14.7 Å². The van der Waals surface area contributed by atoms with Gasteiger partial charge in [-0.1, -0.05) is 48.5 Å². The molecule has 0 amide bonds. The third-order valence-corrected chi connectivity index (χ3v) is 5.78. The molecule has 0 aliphatic heterocycles. The Hall–Kier alpha value is -2.98. The summed E-state index contributed by atoms with van der Waals surface area (Å²) < 4.78 is 1.37. The highest BCUT2D eigenvalue weighted by Gasteiger charge is 2.16. The highest BCUT2D eigenvalue weighted by molar-refractivity contribution is 7.24. The van der Waals surface area contributed by atoms with Gasteiger partial charge in [-0.3, -0.25) is 4.79 Å². The van der Waals surface area contributed by atoms with E-state index in [1.54, 1.807) is 12.1 Å². The Kier molecular flexibility index (Phi) is 4.27. The molecule has 4 heteroatoms. The van der Waals surface area contributed by atoms with Crippen LogP contribution in [-0.4, -0.2) is 11.1 Å². The van der Waals surface area contributed by atoms with Gasteiger partial charge in [0, 0.05) is 15.5 Å².